The van der Waals surface area contributed by atoms with Crippen molar-refractivity contribution in [1.82, 2.24) is 10.2 Å². The SMILES string of the molecule is CCCCOc1ccc(C(=O)NC2CCN(CCCC)CC2)cc1. The third kappa shape index (κ3) is 6.16. The molecule has 0 aromatic heterocycles. The summed E-state index contributed by atoms with van der Waals surface area (Å²) < 4.78 is 5.64. The Morgan fingerprint density at radius 1 is 1.12 bits per heavy atom. The fraction of sp³-hybridized carbons (Fsp3) is 0.650. The smallest absolute Gasteiger partial charge is 0.251 e. The topological polar surface area (TPSA) is 41.6 Å². The van der Waals surface area contributed by atoms with Gasteiger partial charge in [0, 0.05) is 24.7 Å². The molecule has 0 spiro atoms. The first kappa shape index (κ1) is 18.8. The first-order valence-corrected chi connectivity index (χ1v) is 9.49. The Labute approximate surface area is 146 Å². The summed E-state index contributed by atoms with van der Waals surface area (Å²) in [6, 6.07) is 7.78. The molecule has 134 valence electrons. The Morgan fingerprint density at radius 2 is 1.79 bits per heavy atom. The third-order valence-electron chi connectivity index (χ3n) is 4.63. The number of rotatable bonds is 9. The van der Waals surface area contributed by atoms with Gasteiger partial charge in [-0.05, 0) is 56.5 Å². The molecule has 1 amide bonds. The number of piperidine rings is 1. The lowest BCUT2D eigenvalue weighted by atomic mass is 10.0. The van der Waals surface area contributed by atoms with E-state index in [2.05, 4.69) is 24.1 Å². The van der Waals surface area contributed by atoms with Gasteiger partial charge >= 0.3 is 0 Å². The Bertz CT molecular complexity index is 479. The van der Waals surface area contributed by atoms with Crippen molar-refractivity contribution in [2.45, 2.75) is 58.4 Å². The number of hydrogen-bond acceptors (Lipinski definition) is 3. The largest absolute Gasteiger partial charge is 0.494 e. The number of amides is 1. The normalized spacial score (nSPS) is 16.1. The molecule has 24 heavy (non-hydrogen) atoms. The van der Waals surface area contributed by atoms with Gasteiger partial charge in [-0.15, -0.1) is 0 Å². The van der Waals surface area contributed by atoms with Crippen molar-refractivity contribution in [3.05, 3.63) is 29.8 Å². The van der Waals surface area contributed by atoms with E-state index in [4.69, 9.17) is 4.74 Å². The highest BCUT2D eigenvalue weighted by Gasteiger charge is 2.20. The van der Waals surface area contributed by atoms with E-state index in [1.165, 1.54) is 19.4 Å². The van der Waals surface area contributed by atoms with Gasteiger partial charge in [-0.3, -0.25) is 4.79 Å². The van der Waals surface area contributed by atoms with Crippen LogP contribution < -0.4 is 10.1 Å². The highest BCUT2D eigenvalue weighted by atomic mass is 16.5. The molecule has 0 bridgehead atoms. The zero-order chi connectivity index (χ0) is 17.2. The van der Waals surface area contributed by atoms with E-state index >= 15 is 0 Å². The molecule has 0 unspecified atom stereocenters. The number of ether oxygens (including phenoxy) is 1. The van der Waals surface area contributed by atoms with Gasteiger partial charge in [-0.1, -0.05) is 26.7 Å². The van der Waals surface area contributed by atoms with Crippen molar-refractivity contribution in [3.63, 3.8) is 0 Å². The van der Waals surface area contributed by atoms with Crippen molar-refractivity contribution in [2.75, 3.05) is 26.2 Å². The minimum absolute atomic E-state index is 0.0297. The highest BCUT2D eigenvalue weighted by molar-refractivity contribution is 5.94. The van der Waals surface area contributed by atoms with E-state index in [0.717, 1.165) is 51.1 Å². The standard InChI is InChI=1S/C20H32N2O2/c1-3-5-13-22-14-11-18(12-15-22)21-20(23)17-7-9-19(10-8-17)24-16-6-4-2/h7-10,18H,3-6,11-16H2,1-2H3,(H,21,23). The van der Waals surface area contributed by atoms with Gasteiger partial charge in [0.1, 0.15) is 5.75 Å². The summed E-state index contributed by atoms with van der Waals surface area (Å²) in [5, 5.41) is 3.18. The van der Waals surface area contributed by atoms with Gasteiger partial charge in [0.25, 0.3) is 5.91 Å². The quantitative estimate of drug-likeness (QED) is 0.698. The minimum atomic E-state index is 0.0297. The van der Waals surface area contributed by atoms with Crippen LogP contribution in [0.2, 0.25) is 0 Å². The van der Waals surface area contributed by atoms with Crippen LogP contribution in [-0.4, -0.2) is 43.1 Å². The molecule has 1 N–H and O–H groups in total. The van der Waals surface area contributed by atoms with E-state index in [1.807, 2.05) is 24.3 Å². The van der Waals surface area contributed by atoms with Crippen molar-refractivity contribution >= 4 is 5.91 Å². The van der Waals surface area contributed by atoms with Crippen LogP contribution in [-0.2, 0) is 0 Å². The highest BCUT2D eigenvalue weighted by Crippen LogP contribution is 2.15. The number of likely N-dealkylation sites (tertiary alicyclic amines) is 1. The summed E-state index contributed by atoms with van der Waals surface area (Å²) >= 11 is 0. The first-order chi connectivity index (χ1) is 11.7. The van der Waals surface area contributed by atoms with Crippen LogP contribution >= 0.6 is 0 Å². The average molecular weight is 332 g/mol. The molecule has 1 heterocycles. The molecule has 1 aliphatic rings. The number of benzene rings is 1. The monoisotopic (exact) mass is 332 g/mol. The molecule has 0 atom stereocenters. The van der Waals surface area contributed by atoms with Crippen LogP contribution in [0, 0.1) is 0 Å². The predicted molar refractivity (Wildman–Crippen MR) is 98.7 cm³/mol. The van der Waals surface area contributed by atoms with Crippen molar-refractivity contribution < 1.29 is 9.53 Å². The molecular formula is C20H32N2O2. The number of carbonyl (C=O) groups excluding carboxylic acids is 1. The Kier molecular flexibility index (Phi) is 8.10. The van der Waals surface area contributed by atoms with Gasteiger partial charge in [0.2, 0.25) is 0 Å². The minimum Gasteiger partial charge on any atom is -0.494 e. The fourth-order valence-corrected chi connectivity index (χ4v) is 2.99. The average Bonchev–Trinajstić information content (AvgIpc) is 2.62. The molecule has 2 rings (SSSR count). The number of hydrogen-bond donors (Lipinski definition) is 1. The summed E-state index contributed by atoms with van der Waals surface area (Å²) in [5.74, 6) is 0.867. The van der Waals surface area contributed by atoms with E-state index in [-0.39, 0.29) is 5.91 Å². The number of carbonyl (C=O) groups is 1. The van der Waals surface area contributed by atoms with E-state index in [0.29, 0.717) is 11.6 Å². The van der Waals surface area contributed by atoms with Gasteiger partial charge in [0.15, 0.2) is 0 Å². The fourth-order valence-electron chi connectivity index (χ4n) is 2.99. The van der Waals surface area contributed by atoms with Crippen molar-refractivity contribution in [3.8, 4) is 5.75 Å². The second kappa shape index (κ2) is 10.3. The lowest BCUT2D eigenvalue weighted by molar-refractivity contribution is 0.0910. The van der Waals surface area contributed by atoms with Crippen LogP contribution in [0.5, 0.6) is 5.75 Å². The van der Waals surface area contributed by atoms with E-state index in [9.17, 15) is 4.79 Å². The van der Waals surface area contributed by atoms with Crippen LogP contribution in [0.4, 0.5) is 0 Å². The summed E-state index contributed by atoms with van der Waals surface area (Å²) in [7, 11) is 0. The van der Waals surface area contributed by atoms with Gasteiger partial charge in [0.05, 0.1) is 6.61 Å². The lowest BCUT2D eigenvalue weighted by Crippen LogP contribution is -2.44. The van der Waals surface area contributed by atoms with Crippen LogP contribution in [0.25, 0.3) is 0 Å². The second-order valence-corrected chi connectivity index (χ2v) is 6.67. The van der Waals surface area contributed by atoms with Crippen molar-refractivity contribution in [2.24, 2.45) is 0 Å². The molecule has 4 nitrogen and oxygen atoms in total. The molecule has 0 aliphatic carbocycles. The van der Waals surface area contributed by atoms with Gasteiger partial charge in [-0.2, -0.15) is 0 Å². The molecule has 0 saturated carbocycles. The number of unbranched alkanes of at least 4 members (excludes halogenated alkanes) is 2. The second-order valence-electron chi connectivity index (χ2n) is 6.67. The summed E-state index contributed by atoms with van der Waals surface area (Å²) in [4.78, 5) is 14.9. The Balaban J connectivity index is 1.74. The van der Waals surface area contributed by atoms with Gasteiger partial charge < -0.3 is 15.0 Å². The molecular weight excluding hydrogens is 300 g/mol. The summed E-state index contributed by atoms with van der Waals surface area (Å²) in [6.07, 6.45) is 6.79. The van der Waals surface area contributed by atoms with E-state index < -0.39 is 0 Å². The molecule has 4 heteroatoms. The maximum atomic E-state index is 12.4. The van der Waals surface area contributed by atoms with Crippen LogP contribution in [0.3, 0.4) is 0 Å². The molecule has 1 aromatic carbocycles. The zero-order valence-corrected chi connectivity index (χ0v) is 15.2. The van der Waals surface area contributed by atoms with Gasteiger partial charge in [-0.25, -0.2) is 0 Å². The molecule has 1 saturated heterocycles. The first-order valence-electron chi connectivity index (χ1n) is 9.49. The Hall–Kier alpha value is -1.55. The molecule has 1 fully saturated rings. The maximum absolute atomic E-state index is 12.4. The Morgan fingerprint density at radius 3 is 2.42 bits per heavy atom. The van der Waals surface area contributed by atoms with Crippen LogP contribution in [0.15, 0.2) is 24.3 Å². The molecule has 0 radical (unpaired) electrons. The predicted octanol–water partition coefficient (Wildman–Crippen LogP) is 3.86. The third-order valence-corrected chi connectivity index (χ3v) is 4.63. The summed E-state index contributed by atoms with van der Waals surface area (Å²) in [5.41, 5.74) is 0.714. The van der Waals surface area contributed by atoms with E-state index in [1.54, 1.807) is 0 Å². The van der Waals surface area contributed by atoms with Crippen molar-refractivity contribution in [1.29, 1.82) is 0 Å². The zero-order valence-electron chi connectivity index (χ0n) is 15.2. The maximum Gasteiger partial charge on any atom is 0.251 e. The molecule has 1 aromatic rings. The molecule has 1 aliphatic heterocycles. The number of nitrogens with one attached hydrogen (secondary N) is 1. The lowest BCUT2D eigenvalue weighted by Gasteiger charge is -2.32. The van der Waals surface area contributed by atoms with Crippen LogP contribution in [0.1, 0.15) is 62.7 Å². The number of nitrogens with zero attached hydrogens (tertiary/aromatic N) is 1. The summed E-state index contributed by atoms with van der Waals surface area (Å²) in [6.45, 7) is 8.48.